The van der Waals surface area contributed by atoms with Gasteiger partial charge in [0.05, 0.1) is 17.2 Å². The van der Waals surface area contributed by atoms with Crippen LogP contribution in [-0.2, 0) is 9.59 Å². The summed E-state index contributed by atoms with van der Waals surface area (Å²) in [6.45, 7) is 6.77. The molecule has 0 aliphatic carbocycles. The van der Waals surface area contributed by atoms with Crippen LogP contribution in [0.1, 0.15) is 33.6 Å². The minimum atomic E-state index is -1.08. The van der Waals surface area contributed by atoms with Crippen molar-refractivity contribution in [3.05, 3.63) is 28.3 Å². The number of rotatable bonds is 4. The monoisotopic (exact) mass is 407 g/mol. The number of nitrogens with zero attached hydrogens (tertiary/aromatic N) is 3. The van der Waals surface area contributed by atoms with Gasteiger partial charge >= 0.3 is 5.97 Å². The first-order valence-electron chi connectivity index (χ1n) is 9.28. The van der Waals surface area contributed by atoms with Gasteiger partial charge in [-0.2, -0.15) is 0 Å². The molecule has 1 saturated heterocycles. The lowest BCUT2D eigenvalue weighted by Gasteiger charge is -2.45. The molecule has 1 N–H and O–H groups in total. The molecule has 1 atom stereocenters. The third kappa shape index (κ3) is 3.37. The van der Waals surface area contributed by atoms with Crippen LogP contribution in [0.2, 0.25) is 0 Å². The van der Waals surface area contributed by atoms with Crippen LogP contribution in [-0.4, -0.2) is 57.7 Å². The third-order valence-electron chi connectivity index (χ3n) is 5.75. The molecule has 1 unspecified atom stereocenters. The molecule has 152 valence electrons. The Labute approximate surface area is 168 Å². The first-order valence-corrected chi connectivity index (χ1v) is 10.3. The van der Waals surface area contributed by atoms with Gasteiger partial charge in [0.25, 0.3) is 5.69 Å². The molecule has 2 heterocycles. The van der Waals surface area contributed by atoms with Crippen LogP contribution in [0.15, 0.2) is 23.1 Å². The first kappa shape index (κ1) is 20.6. The zero-order valence-corrected chi connectivity index (χ0v) is 17.1. The van der Waals surface area contributed by atoms with Gasteiger partial charge in [-0.1, -0.05) is 20.8 Å². The number of hydrogen-bond donors (Lipinski definition) is 1. The van der Waals surface area contributed by atoms with Gasteiger partial charge in [0.2, 0.25) is 5.91 Å². The van der Waals surface area contributed by atoms with Gasteiger partial charge in [0, 0.05) is 29.3 Å². The number of anilines is 1. The van der Waals surface area contributed by atoms with Crippen LogP contribution in [0.25, 0.3) is 0 Å². The number of likely N-dealkylation sites (tertiary alicyclic amines) is 1. The fourth-order valence-corrected chi connectivity index (χ4v) is 5.36. The van der Waals surface area contributed by atoms with Gasteiger partial charge in [0.1, 0.15) is 5.54 Å². The summed E-state index contributed by atoms with van der Waals surface area (Å²) in [6, 6.07) is 4.50. The molecule has 1 amide bonds. The number of carbonyl (C=O) groups is 2. The molecule has 0 bridgehead atoms. The van der Waals surface area contributed by atoms with E-state index in [0.29, 0.717) is 35.8 Å². The summed E-state index contributed by atoms with van der Waals surface area (Å²) >= 11 is 1.49. The molecule has 0 radical (unpaired) electrons. The topological polar surface area (TPSA) is 104 Å². The minimum Gasteiger partial charge on any atom is -0.480 e. The number of hydrogen-bond acceptors (Lipinski definition) is 6. The number of amides is 1. The Morgan fingerprint density at radius 2 is 2.04 bits per heavy atom. The molecule has 8 nitrogen and oxygen atoms in total. The molecule has 0 spiro atoms. The molecule has 0 saturated carbocycles. The van der Waals surface area contributed by atoms with Crippen molar-refractivity contribution in [1.82, 2.24) is 4.90 Å². The average Bonchev–Trinajstić information content (AvgIpc) is 3.05. The van der Waals surface area contributed by atoms with Crippen molar-refractivity contribution >= 4 is 35.0 Å². The van der Waals surface area contributed by atoms with E-state index in [1.807, 2.05) is 20.8 Å². The quantitative estimate of drug-likeness (QED) is 0.604. The van der Waals surface area contributed by atoms with Crippen molar-refractivity contribution in [2.75, 3.05) is 30.3 Å². The molecule has 3 rings (SSSR count). The number of carboxylic acids is 1. The van der Waals surface area contributed by atoms with E-state index >= 15 is 0 Å². The summed E-state index contributed by atoms with van der Waals surface area (Å²) in [5, 5.41) is 21.0. The highest BCUT2D eigenvalue weighted by Crippen LogP contribution is 2.44. The van der Waals surface area contributed by atoms with Gasteiger partial charge in [-0.25, -0.2) is 0 Å². The van der Waals surface area contributed by atoms with E-state index in [1.165, 1.54) is 23.9 Å². The Hall–Kier alpha value is -2.13. The highest BCUT2D eigenvalue weighted by atomic mass is 32.2. The highest BCUT2D eigenvalue weighted by Gasteiger charge is 2.56. The zero-order chi connectivity index (χ0) is 20.7. The van der Waals surface area contributed by atoms with Crippen LogP contribution < -0.4 is 4.90 Å². The van der Waals surface area contributed by atoms with Crippen molar-refractivity contribution in [2.45, 2.75) is 44.0 Å². The van der Waals surface area contributed by atoms with Gasteiger partial charge in [-0.3, -0.25) is 24.6 Å². The van der Waals surface area contributed by atoms with E-state index in [-0.39, 0.29) is 18.1 Å². The van der Waals surface area contributed by atoms with E-state index in [9.17, 15) is 24.8 Å². The second kappa shape index (κ2) is 7.36. The van der Waals surface area contributed by atoms with E-state index in [0.717, 1.165) is 6.42 Å². The number of carbonyl (C=O) groups excluding carboxylic acids is 1. The average molecular weight is 407 g/mol. The maximum Gasteiger partial charge on any atom is 0.324 e. The minimum absolute atomic E-state index is 0.00211. The summed E-state index contributed by atoms with van der Waals surface area (Å²) in [6.07, 6.45) is 1.24. The maximum atomic E-state index is 13.1. The van der Waals surface area contributed by atoms with Crippen LogP contribution in [0.4, 0.5) is 11.4 Å². The van der Waals surface area contributed by atoms with Gasteiger partial charge in [0.15, 0.2) is 0 Å². The van der Waals surface area contributed by atoms with Gasteiger partial charge in [-0.05, 0) is 30.9 Å². The molecule has 9 heteroatoms. The standard InChI is InChI=1S/C19H25N3O5S/c1-18(2,3)19(17(24)25)7-4-8-20(19)12-16(23)21-9-10-28-15-11-13(22(26)27)5-6-14(15)21/h5-6,11H,4,7-10,12H2,1-3H3,(H,24,25). The molecule has 1 aromatic carbocycles. The highest BCUT2D eigenvalue weighted by molar-refractivity contribution is 7.99. The van der Waals surface area contributed by atoms with E-state index in [2.05, 4.69) is 0 Å². The van der Waals surface area contributed by atoms with Crippen molar-refractivity contribution in [3.63, 3.8) is 0 Å². The summed E-state index contributed by atoms with van der Waals surface area (Å²) in [5.41, 5.74) is -0.947. The zero-order valence-electron chi connectivity index (χ0n) is 16.3. The molecule has 28 heavy (non-hydrogen) atoms. The van der Waals surface area contributed by atoms with Crippen molar-refractivity contribution in [1.29, 1.82) is 0 Å². The predicted octanol–water partition coefficient (Wildman–Crippen LogP) is 3.00. The number of thioether (sulfide) groups is 1. The largest absolute Gasteiger partial charge is 0.480 e. The summed E-state index contributed by atoms with van der Waals surface area (Å²) < 4.78 is 0. The molecule has 0 aromatic heterocycles. The van der Waals surface area contributed by atoms with Crippen LogP contribution in [0, 0.1) is 15.5 Å². The summed E-state index contributed by atoms with van der Waals surface area (Å²) in [5.74, 6) is -0.425. The summed E-state index contributed by atoms with van der Waals surface area (Å²) in [7, 11) is 0. The fourth-order valence-electron chi connectivity index (χ4n) is 4.33. The molecular formula is C19H25N3O5S. The van der Waals surface area contributed by atoms with E-state index in [4.69, 9.17) is 0 Å². The van der Waals surface area contributed by atoms with E-state index < -0.39 is 21.8 Å². The Morgan fingerprint density at radius 3 is 2.64 bits per heavy atom. The number of carboxylic acid groups (broad SMARTS) is 1. The van der Waals surface area contributed by atoms with E-state index in [1.54, 1.807) is 15.9 Å². The molecule has 1 fully saturated rings. The molecule has 1 aromatic rings. The Bertz CT molecular complexity index is 822. The lowest BCUT2D eigenvalue weighted by atomic mass is 9.71. The molecular weight excluding hydrogens is 382 g/mol. The molecule has 2 aliphatic heterocycles. The summed E-state index contributed by atoms with van der Waals surface area (Å²) in [4.78, 5) is 40.0. The lowest BCUT2D eigenvalue weighted by molar-refractivity contribution is -0.385. The Morgan fingerprint density at radius 1 is 1.32 bits per heavy atom. The second-order valence-corrected chi connectivity index (χ2v) is 9.38. The number of fused-ring (bicyclic) bond motifs is 1. The number of benzene rings is 1. The Balaban J connectivity index is 1.86. The SMILES string of the molecule is CC(C)(C)C1(C(=O)O)CCCN1CC(=O)N1CCSc2cc([N+](=O)[O-])ccc21. The Kier molecular flexibility index (Phi) is 5.42. The third-order valence-corrected chi connectivity index (χ3v) is 6.77. The maximum absolute atomic E-state index is 13.1. The second-order valence-electron chi connectivity index (χ2n) is 8.24. The predicted molar refractivity (Wildman–Crippen MR) is 107 cm³/mol. The van der Waals surface area contributed by atoms with Gasteiger partial charge < -0.3 is 10.0 Å². The number of nitro benzene ring substituents is 1. The smallest absolute Gasteiger partial charge is 0.324 e. The van der Waals surface area contributed by atoms with Crippen LogP contribution in [0.3, 0.4) is 0 Å². The first-order chi connectivity index (χ1) is 13.1. The van der Waals surface area contributed by atoms with Crippen LogP contribution in [0.5, 0.6) is 0 Å². The van der Waals surface area contributed by atoms with Crippen molar-refractivity contribution < 1.29 is 19.6 Å². The van der Waals surface area contributed by atoms with Crippen molar-refractivity contribution in [2.24, 2.45) is 5.41 Å². The number of non-ortho nitro benzene ring substituents is 1. The van der Waals surface area contributed by atoms with Crippen LogP contribution >= 0.6 is 11.8 Å². The number of aliphatic carboxylic acids is 1. The van der Waals surface area contributed by atoms with Gasteiger partial charge in [-0.15, -0.1) is 11.8 Å². The number of nitro groups is 1. The van der Waals surface area contributed by atoms with Crippen molar-refractivity contribution in [3.8, 4) is 0 Å². The molecule has 2 aliphatic rings. The normalized spacial score (nSPS) is 22.8. The lowest BCUT2D eigenvalue weighted by Crippen LogP contribution is -2.61. The fraction of sp³-hybridized carbons (Fsp3) is 0.579.